The fourth-order valence-electron chi connectivity index (χ4n) is 0.579. The maximum absolute atomic E-state index is 10.5. The van der Waals surface area contributed by atoms with E-state index in [4.69, 9.17) is 20.4 Å². The fourth-order valence-corrected chi connectivity index (χ4v) is 0.579. The van der Waals surface area contributed by atoms with Gasteiger partial charge in [-0.05, 0) is 0 Å². The Bertz CT molecular complexity index is 201. The maximum atomic E-state index is 10.5. The molecular weight excluding hydrogens is 184 g/mol. The second-order valence-corrected chi connectivity index (χ2v) is 2.24. The highest BCUT2D eigenvalue weighted by Gasteiger charge is 2.34. The van der Waals surface area contributed by atoms with E-state index in [0.717, 1.165) is 7.11 Å². The normalized spacial score (nSPS) is 17.2. The fraction of sp³-hybridized carbons (Fsp3) is 0.667. The molecule has 7 heteroatoms. The average Bonchev–Trinajstić information content (AvgIpc) is 2.12. The Morgan fingerprint density at radius 2 is 1.62 bits per heavy atom. The lowest BCUT2D eigenvalue weighted by molar-refractivity contribution is -0.169. The van der Waals surface area contributed by atoms with Crippen LogP contribution in [-0.2, 0) is 14.3 Å². The molecule has 76 valence electrons. The number of carbonyl (C=O) groups is 2. The Kier molecular flexibility index (Phi) is 4.32. The van der Waals surface area contributed by atoms with Crippen LogP contribution in [0.1, 0.15) is 0 Å². The van der Waals surface area contributed by atoms with Crippen molar-refractivity contribution in [2.75, 3.05) is 7.11 Å². The van der Waals surface area contributed by atoms with Crippen molar-refractivity contribution >= 4 is 11.9 Å². The van der Waals surface area contributed by atoms with E-state index in [-0.39, 0.29) is 0 Å². The van der Waals surface area contributed by atoms with Crippen LogP contribution in [0.3, 0.4) is 0 Å². The second-order valence-electron chi connectivity index (χ2n) is 2.24. The van der Waals surface area contributed by atoms with Crippen LogP contribution in [0.5, 0.6) is 0 Å². The van der Waals surface area contributed by atoms with Gasteiger partial charge in [0.1, 0.15) is 6.10 Å². The van der Waals surface area contributed by atoms with Gasteiger partial charge in [-0.25, -0.2) is 9.59 Å². The number of carboxylic acids is 1. The van der Waals surface area contributed by atoms with Crippen LogP contribution in [0.15, 0.2) is 0 Å². The Morgan fingerprint density at radius 3 is 1.92 bits per heavy atom. The van der Waals surface area contributed by atoms with Crippen molar-refractivity contribution in [3.63, 3.8) is 0 Å². The summed E-state index contributed by atoms with van der Waals surface area (Å²) in [6.45, 7) is 0. The number of hydrogen-bond donors (Lipinski definition) is 4. The van der Waals surface area contributed by atoms with Gasteiger partial charge in [-0.15, -0.1) is 0 Å². The summed E-state index contributed by atoms with van der Waals surface area (Å²) in [7, 11) is 0.950. The lowest BCUT2D eigenvalue weighted by Crippen LogP contribution is -2.46. The summed E-state index contributed by atoms with van der Waals surface area (Å²) in [5, 5.41) is 34.6. The molecule has 0 spiro atoms. The zero-order chi connectivity index (χ0) is 10.6. The van der Waals surface area contributed by atoms with Crippen LogP contribution < -0.4 is 0 Å². The smallest absolute Gasteiger partial charge is 0.337 e. The second kappa shape index (κ2) is 4.75. The number of ether oxygens (including phenoxy) is 1. The summed E-state index contributed by atoms with van der Waals surface area (Å²) >= 11 is 0. The van der Waals surface area contributed by atoms with E-state index in [0.29, 0.717) is 0 Å². The predicted octanol–water partition coefficient (Wildman–Crippen LogP) is -2.67. The third kappa shape index (κ3) is 2.98. The zero-order valence-corrected chi connectivity index (χ0v) is 6.75. The van der Waals surface area contributed by atoms with Crippen LogP contribution in [0.25, 0.3) is 0 Å². The summed E-state index contributed by atoms with van der Waals surface area (Å²) in [4.78, 5) is 20.6. The monoisotopic (exact) mass is 194 g/mol. The Balaban J connectivity index is 4.32. The third-order valence-electron chi connectivity index (χ3n) is 1.34. The number of hydrogen-bond acceptors (Lipinski definition) is 6. The van der Waals surface area contributed by atoms with Crippen LogP contribution in [0.4, 0.5) is 0 Å². The summed E-state index contributed by atoms with van der Waals surface area (Å²) in [5.74, 6) is -2.96. The van der Waals surface area contributed by atoms with Crippen LogP contribution in [0.2, 0.25) is 0 Å². The summed E-state index contributed by atoms with van der Waals surface area (Å²) in [6.07, 6.45) is -6.41. The number of methoxy groups -OCH3 is 1. The Hall–Kier alpha value is -1.18. The number of carboxylic acid groups (broad SMARTS) is 1. The van der Waals surface area contributed by atoms with Crippen molar-refractivity contribution in [1.82, 2.24) is 0 Å². The maximum Gasteiger partial charge on any atom is 0.337 e. The van der Waals surface area contributed by atoms with Gasteiger partial charge in [0.15, 0.2) is 12.2 Å². The number of aliphatic hydroxyl groups is 3. The molecule has 0 saturated carbocycles. The first kappa shape index (κ1) is 11.8. The van der Waals surface area contributed by atoms with E-state index in [1.165, 1.54) is 0 Å². The van der Waals surface area contributed by atoms with E-state index < -0.39 is 30.3 Å². The first-order valence-electron chi connectivity index (χ1n) is 3.26. The van der Waals surface area contributed by atoms with Crippen molar-refractivity contribution < 1.29 is 34.8 Å². The molecule has 0 aromatic heterocycles. The van der Waals surface area contributed by atoms with E-state index in [1.54, 1.807) is 0 Å². The molecule has 0 aliphatic carbocycles. The van der Waals surface area contributed by atoms with Gasteiger partial charge in [-0.3, -0.25) is 0 Å². The minimum Gasteiger partial charge on any atom is -0.479 e. The van der Waals surface area contributed by atoms with Gasteiger partial charge < -0.3 is 25.2 Å². The molecule has 0 saturated heterocycles. The van der Waals surface area contributed by atoms with E-state index in [1.807, 2.05) is 0 Å². The van der Waals surface area contributed by atoms with E-state index in [2.05, 4.69) is 4.74 Å². The van der Waals surface area contributed by atoms with Crippen LogP contribution in [0, 0.1) is 0 Å². The molecule has 0 heterocycles. The molecule has 0 aliphatic rings. The molecule has 0 aliphatic heterocycles. The largest absolute Gasteiger partial charge is 0.479 e. The minimum absolute atomic E-state index is 0.950. The third-order valence-corrected chi connectivity index (χ3v) is 1.34. The topological polar surface area (TPSA) is 124 Å². The lowest BCUT2D eigenvalue weighted by Gasteiger charge is -2.17. The molecule has 7 nitrogen and oxygen atoms in total. The molecule has 0 aromatic carbocycles. The van der Waals surface area contributed by atoms with Crippen molar-refractivity contribution in [1.29, 1.82) is 0 Å². The van der Waals surface area contributed by atoms with Crippen molar-refractivity contribution in [2.45, 2.75) is 18.3 Å². The Labute approximate surface area is 73.2 Å². The van der Waals surface area contributed by atoms with Crippen molar-refractivity contribution in [2.24, 2.45) is 0 Å². The molecule has 3 atom stereocenters. The molecular formula is C6H10O7. The molecule has 0 radical (unpaired) electrons. The van der Waals surface area contributed by atoms with Gasteiger partial charge in [0.25, 0.3) is 0 Å². The van der Waals surface area contributed by atoms with Gasteiger partial charge in [0.05, 0.1) is 7.11 Å². The van der Waals surface area contributed by atoms with E-state index in [9.17, 15) is 9.59 Å². The summed E-state index contributed by atoms with van der Waals surface area (Å²) in [5.41, 5.74) is 0. The Morgan fingerprint density at radius 1 is 1.15 bits per heavy atom. The zero-order valence-electron chi connectivity index (χ0n) is 6.75. The highest BCUT2D eigenvalue weighted by atomic mass is 16.5. The van der Waals surface area contributed by atoms with Crippen molar-refractivity contribution in [3.8, 4) is 0 Å². The van der Waals surface area contributed by atoms with Gasteiger partial charge in [-0.1, -0.05) is 0 Å². The SMILES string of the molecule is COC(=O)[C@H](O)[C@H](O)[C@H](O)C(=O)O. The molecule has 0 amide bonds. The number of aliphatic carboxylic acids is 1. The lowest BCUT2D eigenvalue weighted by atomic mass is 10.1. The number of esters is 1. The molecule has 0 fully saturated rings. The first-order chi connectivity index (χ1) is 5.91. The summed E-state index contributed by atoms with van der Waals surface area (Å²) < 4.78 is 4.01. The van der Waals surface area contributed by atoms with Gasteiger partial charge in [-0.2, -0.15) is 0 Å². The van der Waals surface area contributed by atoms with Crippen molar-refractivity contribution in [3.05, 3.63) is 0 Å². The molecule has 0 rings (SSSR count). The van der Waals surface area contributed by atoms with Crippen LogP contribution in [-0.4, -0.2) is 57.8 Å². The van der Waals surface area contributed by atoms with E-state index >= 15 is 0 Å². The highest BCUT2D eigenvalue weighted by molar-refractivity contribution is 5.78. The molecule has 0 unspecified atom stereocenters. The number of aliphatic hydroxyl groups excluding tert-OH is 3. The highest BCUT2D eigenvalue weighted by Crippen LogP contribution is 2.02. The number of rotatable bonds is 4. The standard InChI is InChI=1S/C6H10O7/c1-13-6(12)4(9)2(7)3(8)5(10)11/h2-4,7-9H,1H3,(H,10,11)/t2-,3+,4-/m1/s1. The molecule has 13 heavy (non-hydrogen) atoms. The molecule has 0 aromatic rings. The van der Waals surface area contributed by atoms with Crippen LogP contribution >= 0.6 is 0 Å². The van der Waals surface area contributed by atoms with Gasteiger partial charge in [0, 0.05) is 0 Å². The summed E-state index contributed by atoms with van der Waals surface area (Å²) in [6, 6.07) is 0. The minimum atomic E-state index is -2.23. The average molecular weight is 194 g/mol. The predicted molar refractivity (Wildman–Crippen MR) is 37.7 cm³/mol. The first-order valence-corrected chi connectivity index (χ1v) is 3.26. The number of carbonyl (C=O) groups excluding carboxylic acids is 1. The van der Waals surface area contributed by atoms with Gasteiger partial charge in [0.2, 0.25) is 0 Å². The molecule has 4 N–H and O–H groups in total. The van der Waals surface area contributed by atoms with Gasteiger partial charge >= 0.3 is 11.9 Å². The quantitative estimate of drug-likeness (QED) is 0.359. The molecule has 0 bridgehead atoms.